The van der Waals surface area contributed by atoms with Crippen LogP contribution in [0.25, 0.3) is 0 Å². The van der Waals surface area contributed by atoms with E-state index in [1.54, 1.807) is 0 Å². The molecule has 1 saturated heterocycles. The molecular weight excluding hydrogens is 262 g/mol. The van der Waals surface area contributed by atoms with Crippen molar-refractivity contribution in [2.75, 3.05) is 29.5 Å². The van der Waals surface area contributed by atoms with Crippen LogP contribution in [0, 0.1) is 0 Å². The number of aliphatic hydroxyl groups is 1. The molecule has 0 bridgehead atoms. The van der Waals surface area contributed by atoms with E-state index < -0.39 is 15.9 Å². The van der Waals surface area contributed by atoms with Gasteiger partial charge < -0.3 is 10.0 Å². The maximum Gasteiger partial charge on any atom is 0.152 e. The molecule has 0 spiro atoms. The van der Waals surface area contributed by atoms with Crippen molar-refractivity contribution < 1.29 is 13.5 Å². The van der Waals surface area contributed by atoms with Crippen LogP contribution in [0.5, 0.6) is 0 Å². The van der Waals surface area contributed by atoms with Gasteiger partial charge in [-0.15, -0.1) is 0 Å². The van der Waals surface area contributed by atoms with Gasteiger partial charge in [-0.2, -0.15) is 0 Å². The molecule has 1 N–H and O–H groups in total. The summed E-state index contributed by atoms with van der Waals surface area (Å²) in [6.07, 6.45) is 0.818. The molecule has 19 heavy (non-hydrogen) atoms. The van der Waals surface area contributed by atoms with Crippen LogP contribution in [-0.4, -0.2) is 38.1 Å². The maximum atomic E-state index is 11.6. The number of para-hydroxylation sites is 1. The molecule has 106 valence electrons. The summed E-state index contributed by atoms with van der Waals surface area (Å²) in [6.45, 7) is 3.18. The van der Waals surface area contributed by atoms with E-state index in [2.05, 4.69) is 4.90 Å². The first-order valence-corrected chi connectivity index (χ1v) is 8.58. The lowest BCUT2D eigenvalue weighted by Gasteiger charge is -2.26. The molecule has 0 amide bonds. The molecule has 0 aliphatic carbocycles. The van der Waals surface area contributed by atoms with Crippen LogP contribution >= 0.6 is 0 Å². The van der Waals surface area contributed by atoms with Crippen molar-refractivity contribution in [2.45, 2.75) is 25.9 Å². The lowest BCUT2D eigenvalue weighted by molar-refractivity contribution is 0.174. The highest BCUT2D eigenvalue weighted by Crippen LogP contribution is 2.29. The van der Waals surface area contributed by atoms with E-state index in [0.29, 0.717) is 19.4 Å². The molecule has 4 nitrogen and oxygen atoms in total. The fourth-order valence-electron chi connectivity index (χ4n) is 2.46. The number of aliphatic hydroxyl groups excluding tert-OH is 1. The van der Waals surface area contributed by atoms with Gasteiger partial charge in [-0.25, -0.2) is 8.42 Å². The molecule has 0 aromatic heterocycles. The first kappa shape index (κ1) is 14.3. The molecule has 1 unspecified atom stereocenters. The summed E-state index contributed by atoms with van der Waals surface area (Å²) < 4.78 is 23.3. The fraction of sp³-hybridized carbons (Fsp3) is 0.571. The zero-order chi connectivity index (χ0) is 13.9. The van der Waals surface area contributed by atoms with Crippen LogP contribution in [0.1, 0.15) is 31.4 Å². The SMILES string of the molecule is CCC(O)c1ccccc1N1CCCS(=O)(=O)CC1. The van der Waals surface area contributed by atoms with Crippen LogP contribution in [-0.2, 0) is 9.84 Å². The highest BCUT2D eigenvalue weighted by Gasteiger charge is 2.22. The van der Waals surface area contributed by atoms with E-state index in [1.807, 2.05) is 31.2 Å². The largest absolute Gasteiger partial charge is 0.388 e. The van der Waals surface area contributed by atoms with Crippen LogP contribution in [0.3, 0.4) is 0 Å². The van der Waals surface area contributed by atoms with Crippen molar-refractivity contribution in [3.63, 3.8) is 0 Å². The topological polar surface area (TPSA) is 57.6 Å². The Bertz CT molecular complexity index is 527. The van der Waals surface area contributed by atoms with Gasteiger partial charge in [0.1, 0.15) is 0 Å². The Labute approximate surface area is 115 Å². The van der Waals surface area contributed by atoms with Gasteiger partial charge in [-0.3, -0.25) is 0 Å². The Balaban J connectivity index is 2.26. The van der Waals surface area contributed by atoms with Crippen LogP contribution in [0.4, 0.5) is 5.69 Å². The van der Waals surface area contributed by atoms with Crippen LogP contribution < -0.4 is 4.90 Å². The predicted octanol–water partition coefficient (Wildman–Crippen LogP) is 1.75. The number of sulfone groups is 1. The number of hydrogen-bond donors (Lipinski definition) is 1. The number of rotatable bonds is 3. The Morgan fingerprint density at radius 3 is 2.74 bits per heavy atom. The van der Waals surface area contributed by atoms with Crippen molar-refractivity contribution in [2.24, 2.45) is 0 Å². The van der Waals surface area contributed by atoms with Gasteiger partial charge in [-0.05, 0) is 18.9 Å². The molecule has 1 aromatic rings. The molecule has 1 aromatic carbocycles. The molecule has 1 aliphatic rings. The zero-order valence-electron chi connectivity index (χ0n) is 11.2. The Morgan fingerprint density at radius 2 is 2.00 bits per heavy atom. The molecule has 0 radical (unpaired) electrons. The molecule has 1 aliphatic heterocycles. The molecule has 1 fully saturated rings. The minimum absolute atomic E-state index is 0.198. The zero-order valence-corrected chi connectivity index (χ0v) is 12.1. The standard InChI is InChI=1S/C14H21NO3S/c1-2-14(16)12-6-3-4-7-13(12)15-8-5-10-19(17,18)11-9-15/h3-4,6-7,14,16H,2,5,8-11H2,1H3. The molecule has 1 atom stereocenters. The minimum Gasteiger partial charge on any atom is -0.388 e. The third kappa shape index (κ3) is 3.48. The molecule has 5 heteroatoms. The lowest BCUT2D eigenvalue weighted by atomic mass is 10.0. The van der Waals surface area contributed by atoms with E-state index in [1.165, 1.54) is 0 Å². The second-order valence-electron chi connectivity index (χ2n) is 4.98. The number of nitrogens with zero attached hydrogens (tertiary/aromatic N) is 1. The normalized spacial score (nSPS) is 20.8. The van der Waals surface area contributed by atoms with Crippen molar-refractivity contribution in [1.82, 2.24) is 0 Å². The first-order valence-electron chi connectivity index (χ1n) is 6.76. The van der Waals surface area contributed by atoms with E-state index in [9.17, 15) is 13.5 Å². The number of anilines is 1. The molecule has 1 heterocycles. The van der Waals surface area contributed by atoms with Gasteiger partial charge in [0.25, 0.3) is 0 Å². The summed E-state index contributed by atoms with van der Waals surface area (Å²) in [6, 6.07) is 7.72. The first-order chi connectivity index (χ1) is 9.03. The summed E-state index contributed by atoms with van der Waals surface area (Å²) in [7, 11) is -2.90. The molecule has 2 rings (SSSR count). The molecular formula is C14H21NO3S. The predicted molar refractivity (Wildman–Crippen MR) is 77.2 cm³/mol. The lowest BCUT2D eigenvalue weighted by Crippen LogP contribution is -2.28. The smallest absolute Gasteiger partial charge is 0.152 e. The van der Waals surface area contributed by atoms with Crippen molar-refractivity contribution in [3.8, 4) is 0 Å². The van der Waals surface area contributed by atoms with Crippen LogP contribution in [0.2, 0.25) is 0 Å². The number of hydrogen-bond acceptors (Lipinski definition) is 4. The summed E-state index contributed by atoms with van der Waals surface area (Å²) in [5.74, 6) is 0.464. The van der Waals surface area contributed by atoms with E-state index in [0.717, 1.165) is 17.8 Å². The highest BCUT2D eigenvalue weighted by molar-refractivity contribution is 7.91. The van der Waals surface area contributed by atoms with Crippen LogP contribution in [0.15, 0.2) is 24.3 Å². The third-order valence-corrected chi connectivity index (χ3v) is 5.29. The minimum atomic E-state index is -2.90. The van der Waals surface area contributed by atoms with Gasteiger partial charge in [-0.1, -0.05) is 25.1 Å². The average Bonchev–Trinajstić information content (AvgIpc) is 2.59. The number of benzene rings is 1. The van der Waals surface area contributed by atoms with Gasteiger partial charge in [0, 0.05) is 24.3 Å². The summed E-state index contributed by atoms with van der Waals surface area (Å²) in [5, 5.41) is 10.1. The van der Waals surface area contributed by atoms with E-state index >= 15 is 0 Å². The maximum absolute atomic E-state index is 11.6. The van der Waals surface area contributed by atoms with Gasteiger partial charge in [0.15, 0.2) is 9.84 Å². The summed E-state index contributed by atoms with van der Waals surface area (Å²) >= 11 is 0. The van der Waals surface area contributed by atoms with E-state index in [-0.39, 0.29) is 11.5 Å². The Kier molecular flexibility index (Phi) is 4.47. The van der Waals surface area contributed by atoms with Crippen molar-refractivity contribution >= 4 is 15.5 Å². The fourth-order valence-corrected chi connectivity index (χ4v) is 3.73. The Morgan fingerprint density at radius 1 is 1.26 bits per heavy atom. The molecule has 0 saturated carbocycles. The second kappa shape index (κ2) is 5.92. The third-order valence-electron chi connectivity index (χ3n) is 3.58. The average molecular weight is 283 g/mol. The quantitative estimate of drug-likeness (QED) is 0.918. The van der Waals surface area contributed by atoms with Gasteiger partial charge in [0.2, 0.25) is 0 Å². The van der Waals surface area contributed by atoms with Crippen molar-refractivity contribution in [1.29, 1.82) is 0 Å². The second-order valence-corrected chi connectivity index (χ2v) is 7.28. The Hall–Kier alpha value is -1.07. The van der Waals surface area contributed by atoms with Gasteiger partial charge in [0.05, 0.1) is 17.6 Å². The van der Waals surface area contributed by atoms with E-state index in [4.69, 9.17) is 0 Å². The highest BCUT2D eigenvalue weighted by atomic mass is 32.2. The summed E-state index contributed by atoms with van der Waals surface area (Å²) in [4.78, 5) is 2.08. The van der Waals surface area contributed by atoms with Crippen molar-refractivity contribution in [3.05, 3.63) is 29.8 Å². The monoisotopic (exact) mass is 283 g/mol. The van der Waals surface area contributed by atoms with Gasteiger partial charge >= 0.3 is 0 Å². The summed E-state index contributed by atoms with van der Waals surface area (Å²) in [5.41, 5.74) is 1.86.